The van der Waals surface area contributed by atoms with Gasteiger partial charge in [0.05, 0.1) is 17.6 Å². The molecule has 0 aliphatic rings. The standard InChI is InChI=1S/C13H20N2O4S/c1-4-9(2)8-15-13(16)11-7-10(20(14,17)18)5-6-12(11)19-3/h5-7,9H,4,8H2,1-3H3,(H,15,16)(H2,14,17,18). The van der Waals surface area contributed by atoms with E-state index >= 15 is 0 Å². The van der Waals surface area contributed by atoms with E-state index in [1.807, 2.05) is 13.8 Å². The van der Waals surface area contributed by atoms with Gasteiger partial charge < -0.3 is 10.1 Å². The van der Waals surface area contributed by atoms with Crippen molar-refractivity contribution in [2.24, 2.45) is 11.1 Å². The lowest BCUT2D eigenvalue weighted by Crippen LogP contribution is -2.28. The maximum Gasteiger partial charge on any atom is 0.255 e. The first-order valence-electron chi connectivity index (χ1n) is 6.28. The minimum Gasteiger partial charge on any atom is -0.496 e. The summed E-state index contributed by atoms with van der Waals surface area (Å²) < 4.78 is 27.7. The quantitative estimate of drug-likeness (QED) is 0.822. The molecule has 7 heteroatoms. The third-order valence-corrected chi connectivity index (χ3v) is 3.96. The minimum absolute atomic E-state index is 0.119. The van der Waals surface area contributed by atoms with Gasteiger partial charge >= 0.3 is 0 Å². The van der Waals surface area contributed by atoms with Gasteiger partial charge in [0.1, 0.15) is 5.75 Å². The number of ether oxygens (including phenoxy) is 1. The molecule has 3 N–H and O–H groups in total. The Hall–Kier alpha value is -1.60. The third kappa shape index (κ3) is 4.21. The summed E-state index contributed by atoms with van der Waals surface area (Å²) in [4.78, 5) is 12.0. The lowest BCUT2D eigenvalue weighted by atomic mass is 10.1. The molecule has 0 aliphatic heterocycles. The first kappa shape index (κ1) is 16.5. The van der Waals surface area contributed by atoms with Crippen LogP contribution in [0.3, 0.4) is 0 Å². The molecule has 0 radical (unpaired) electrons. The van der Waals surface area contributed by atoms with Gasteiger partial charge in [-0.25, -0.2) is 13.6 Å². The van der Waals surface area contributed by atoms with Crippen molar-refractivity contribution >= 4 is 15.9 Å². The highest BCUT2D eigenvalue weighted by Gasteiger charge is 2.17. The molecule has 0 bridgehead atoms. The fourth-order valence-electron chi connectivity index (χ4n) is 1.55. The summed E-state index contributed by atoms with van der Waals surface area (Å²) in [5.41, 5.74) is 0.155. The van der Waals surface area contributed by atoms with Crippen LogP contribution < -0.4 is 15.2 Å². The van der Waals surface area contributed by atoms with Crippen LogP contribution in [0.5, 0.6) is 5.75 Å². The number of rotatable bonds is 6. The highest BCUT2D eigenvalue weighted by molar-refractivity contribution is 7.89. The van der Waals surface area contributed by atoms with Crippen LogP contribution in [0.1, 0.15) is 30.6 Å². The normalized spacial score (nSPS) is 12.8. The molecule has 6 nitrogen and oxygen atoms in total. The van der Waals surface area contributed by atoms with Gasteiger partial charge in [-0.05, 0) is 24.1 Å². The van der Waals surface area contributed by atoms with E-state index in [1.54, 1.807) is 0 Å². The zero-order valence-corrected chi connectivity index (χ0v) is 12.7. The van der Waals surface area contributed by atoms with E-state index in [4.69, 9.17) is 9.88 Å². The molecule has 1 aromatic rings. The Labute approximate surface area is 119 Å². The second-order valence-electron chi connectivity index (χ2n) is 4.63. The number of carbonyl (C=O) groups excluding carboxylic acids is 1. The zero-order chi connectivity index (χ0) is 15.3. The molecule has 0 spiro atoms. The molecule has 1 unspecified atom stereocenters. The van der Waals surface area contributed by atoms with Gasteiger partial charge in [0.25, 0.3) is 5.91 Å². The average molecular weight is 300 g/mol. The van der Waals surface area contributed by atoms with Crippen molar-refractivity contribution in [1.82, 2.24) is 5.32 Å². The predicted molar refractivity (Wildman–Crippen MR) is 76.2 cm³/mol. The Bertz CT molecular complexity index is 584. The van der Waals surface area contributed by atoms with E-state index in [2.05, 4.69) is 5.32 Å². The van der Waals surface area contributed by atoms with Gasteiger partial charge in [-0.3, -0.25) is 4.79 Å². The van der Waals surface area contributed by atoms with Crippen molar-refractivity contribution in [2.75, 3.05) is 13.7 Å². The van der Waals surface area contributed by atoms with Crippen LogP contribution in [0, 0.1) is 5.92 Å². The van der Waals surface area contributed by atoms with Crippen LogP contribution in [0.4, 0.5) is 0 Å². The lowest BCUT2D eigenvalue weighted by Gasteiger charge is -2.13. The van der Waals surface area contributed by atoms with Gasteiger partial charge in [-0.1, -0.05) is 20.3 Å². The van der Waals surface area contributed by atoms with Crippen molar-refractivity contribution in [3.05, 3.63) is 23.8 Å². The van der Waals surface area contributed by atoms with E-state index in [0.29, 0.717) is 18.2 Å². The van der Waals surface area contributed by atoms with E-state index in [9.17, 15) is 13.2 Å². The van der Waals surface area contributed by atoms with Gasteiger partial charge in [0, 0.05) is 6.54 Å². The molecule has 0 saturated heterocycles. The molecule has 1 rings (SSSR count). The second-order valence-corrected chi connectivity index (χ2v) is 6.19. The van der Waals surface area contributed by atoms with Gasteiger partial charge in [0.2, 0.25) is 10.0 Å². The monoisotopic (exact) mass is 300 g/mol. The first-order chi connectivity index (χ1) is 9.29. The van der Waals surface area contributed by atoms with Crippen LogP contribution in [0.25, 0.3) is 0 Å². The summed E-state index contributed by atoms with van der Waals surface area (Å²) in [5, 5.41) is 7.81. The number of amides is 1. The van der Waals surface area contributed by atoms with Crippen LogP contribution in [0.2, 0.25) is 0 Å². The van der Waals surface area contributed by atoms with Crippen LogP contribution >= 0.6 is 0 Å². The molecule has 20 heavy (non-hydrogen) atoms. The Balaban J connectivity index is 3.05. The summed E-state index contributed by atoms with van der Waals surface area (Å²) in [5.74, 6) is 0.262. The van der Waals surface area contributed by atoms with Crippen molar-refractivity contribution < 1.29 is 17.9 Å². The van der Waals surface area contributed by atoms with Crippen molar-refractivity contribution in [1.29, 1.82) is 0 Å². The summed E-state index contributed by atoms with van der Waals surface area (Å²) >= 11 is 0. The fourth-order valence-corrected chi connectivity index (χ4v) is 2.09. The topological polar surface area (TPSA) is 98.5 Å². The van der Waals surface area contributed by atoms with Gasteiger partial charge in [-0.2, -0.15) is 0 Å². The minimum atomic E-state index is -3.86. The van der Waals surface area contributed by atoms with E-state index in [1.165, 1.54) is 25.3 Å². The second kappa shape index (κ2) is 6.71. The predicted octanol–water partition coefficient (Wildman–Crippen LogP) is 1.12. The molecule has 1 aromatic carbocycles. The maximum atomic E-state index is 12.1. The number of methoxy groups -OCH3 is 1. The number of nitrogens with two attached hydrogens (primary N) is 1. The Morgan fingerprint density at radius 2 is 2.10 bits per heavy atom. The number of carbonyl (C=O) groups is 1. The number of primary sulfonamides is 1. The van der Waals surface area contributed by atoms with E-state index in [-0.39, 0.29) is 16.4 Å². The van der Waals surface area contributed by atoms with E-state index in [0.717, 1.165) is 6.42 Å². The number of hydrogen-bond donors (Lipinski definition) is 2. The highest BCUT2D eigenvalue weighted by Crippen LogP contribution is 2.21. The number of benzene rings is 1. The van der Waals surface area contributed by atoms with Crippen LogP contribution in [0.15, 0.2) is 23.1 Å². The highest BCUT2D eigenvalue weighted by atomic mass is 32.2. The van der Waals surface area contributed by atoms with Crippen molar-refractivity contribution in [2.45, 2.75) is 25.2 Å². The van der Waals surface area contributed by atoms with Gasteiger partial charge in [-0.15, -0.1) is 0 Å². The Morgan fingerprint density at radius 1 is 1.45 bits per heavy atom. The smallest absolute Gasteiger partial charge is 0.255 e. The summed E-state index contributed by atoms with van der Waals surface area (Å²) in [6.07, 6.45) is 0.939. The Kier molecular flexibility index (Phi) is 5.52. The summed E-state index contributed by atoms with van der Waals surface area (Å²) in [7, 11) is -2.44. The zero-order valence-electron chi connectivity index (χ0n) is 11.8. The summed E-state index contributed by atoms with van der Waals surface area (Å²) in [6, 6.07) is 3.94. The average Bonchev–Trinajstić information content (AvgIpc) is 2.42. The summed E-state index contributed by atoms with van der Waals surface area (Å²) in [6.45, 7) is 4.55. The molecule has 0 heterocycles. The first-order valence-corrected chi connectivity index (χ1v) is 7.83. The van der Waals surface area contributed by atoms with Crippen LogP contribution in [-0.2, 0) is 10.0 Å². The largest absolute Gasteiger partial charge is 0.496 e. The molecular formula is C13H20N2O4S. The molecule has 112 valence electrons. The molecule has 1 atom stereocenters. The number of sulfonamides is 1. The maximum absolute atomic E-state index is 12.1. The molecule has 0 aliphatic carbocycles. The SMILES string of the molecule is CCC(C)CNC(=O)c1cc(S(N)(=O)=O)ccc1OC. The van der Waals surface area contributed by atoms with Crippen molar-refractivity contribution in [3.8, 4) is 5.75 Å². The van der Waals surface area contributed by atoms with Crippen LogP contribution in [-0.4, -0.2) is 28.0 Å². The molecule has 1 amide bonds. The van der Waals surface area contributed by atoms with E-state index < -0.39 is 10.0 Å². The third-order valence-electron chi connectivity index (χ3n) is 3.05. The Morgan fingerprint density at radius 3 is 2.60 bits per heavy atom. The number of hydrogen-bond acceptors (Lipinski definition) is 4. The molecule has 0 fully saturated rings. The fraction of sp³-hybridized carbons (Fsp3) is 0.462. The van der Waals surface area contributed by atoms with Crippen molar-refractivity contribution in [3.63, 3.8) is 0 Å². The molecule has 0 saturated carbocycles. The molecular weight excluding hydrogens is 280 g/mol. The number of nitrogens with one attached hydrogen (secondary N) is 1. The lowest BCUT2D eigenvalue weighted by molar-refractivity contribution is 0.0944. The van der Waals surface area contributed by atoms with Gasteiger partial charge in [0.15, 0.2) is 0 Å². The molecule has 0 aromatic heterocycles.